The molecule has 1 aromatic rings. The van der Waals surface area contributed by atoms with E-state index in [1.54, 1.807) is 0 Å². The smallest absolute Gasteiger partial charge is 0.356 e. The number of imidazole rings is 1. The van der Waals surface area contributed by atoms with Gasteiger partial charge in [0.1, 0.15) is 5.82 Å². The van der Waals surface area contributed by atoms with Gasteiger partial charge in [0.25, 0.3) is 0 Å². The molecule has 0 aromatic carbocycles. The van der Waals surface area contributed by atoms with E-state index in [2.05, 4.69) is 16.5 Å². The van der Waals surface area contributed by atoms with Crippen LogP contribution in [0.25, 0.3) is 0 Å². The van der Waals surface area contributed by atoms with E-state index in [0.717, 1.165) is 30.8 Å². The highest BCUT2D eigenvalue weighted by Gasteiger charge is 2.32. The third kappa shape index (κ3) is 1.58. The molecule has 3 rings (SSSR count). The predicted octanol–water partition coefficient (Wildman–Crippen LogP) is 2.75. The van der Waals surface area contributed by atoms with Crippen LogP contribution in [0, 0.1) is 0 Å². The number of rotatable bonds is 2. The molecule has 1 aliphatic heterocycles. The minimum Gasteiger partial charge on any atom is -0.476 e. The van der Waals surface area contributed by atoms with Crippen LogP contribution in [0.4, 0.5) is 0 Å². The number of hydrogen-bond donors (Lipinski definition) is 1. The van der Waals surface area contributed by atoms with E-state index in [9.17, 15) is 9.90 Å². The van der Waals surface area contributed by atoms with Crippen LogP contribution in [0.5, 0.6) is 0 Å². The first kappa shape index (κ1) is 10.8. The molecule has 0 radical (unpaired) electrons. The van der Waals surface area contributed by atoms with Crippen LogP contribution < -0.4 is 0 Å². The van der Waals surface area contributed by atoms with Crippen molar-refractivity contribution in [3.63, 3.8) is 0 Å². The van der Waals surface area contributed by atoms with Crippen LogP contribution >= 0.6 is 0 Å². The summed E-state index contributed by atoms with van der Waals surface area (Å²) >= 11 is 0. The maximum Gasteiger partial charge on any atom is 0.356 e. The van der Waals surface area contributed by atoms with Gasteiger partial charge < -0.3 is 9.67 Å². The van der Waals surface area contributed by atoms with Crippen LogP contribution in [0.3, 0.4) is 0 Å². The van der Waals surface area contributed by atoms with Gasteiger partial charge in [0.05, 0.1) is 5.69 Å². The Balaban J connectivity index is 2.11. The van der Waals surface area contributed by atoms with Gasteiger partial charge in [-0.05, 0) is 39.0 Å². The van der Waals surface area contributed by atoms with Gasteiger partial charge in [-0.15, -0.1) is 0 Å². The second-order valence-corrected chi connectivity index (χ2v) is 5.31. The Labute approximate surface area is 101 Å². The molecule has 0 spiro atoms. The Bertz CT molecular complexity index is 460. The Kier molecular flexibility index (Phi) is 2.45. The monoisotopic (exact) mass is 234 g/mol. The summed E-state index contributed by atoms with van der Waals surface area (Å²) in [4.78, 5) is 15.7. The van der Waals surface area contributed by atoms with E-state index in [1.165, 1.54) is 19.3 Å². The van der Waals surface area contributed by atoms with E-state index in [1.807, 2.05) is 0 Å². The average molecular weight is 234 g/mol. The molecule has 4 heteroatoms. The van der Waals surface area contributed by atoms with Crippen LogP contribution in [-0.4, -0.2) is 20.6 Å². The molecule has 1 aromatic heterocycles. The maximum absolute atomic E-state index is 11.2. The summed E-state index contributed by atoms with van der Waals surface area (Å²) in [6.07, 6.45) is 6.68. The number of aromatic nitrogens is 2. The van der Waals surface area contributed by atoms with E-state index >= 15 is 0 Å². The lowest BCUT2D eigenvalue weighted by Gasteiger charge is -2.30. The van der Waals surface area contributed by atoms with Crippen molar-refractivity contribution in [1.82, 2.24) is 9.55 Å². The summed E-state index contributed by atoms with van der Waals surface area (Å²) in [5.74, 6) is 0.673. The Hall–Kier alpha value is -1.32. The molecular formula is C13H18N2O2. The van der Waals surface area contributed by atoms with E-state index in [0.29, 0.717) is 17.7 Å². The maximum atomic E-state index is 11.2. The van der Waals surface area contributed by atoms with Crippen molar-refractivity contribution >= 4 is 5.97 Å². The topological polar surface area (TPSA) is 55.1 Å². The van der Waals surface area contributed by atoms with Crippen molar-refractivity contribution < 1.29 is 9.90 Å². The Morgan fingerprint density at radius 3 is 2.71 bits per heavy atom. The molecule has 0 saturated heterocycles. The molecule has 1 atom stereocenters. The highest BCUT2D eigenvalue weighted by molar-refractivity contribution is 5.87. The molecule has 2 aliphatic rings. The number of nitrogens with zero attached hydrogens (tertiary/aromatic N) is 2. The fraction of sp³-hybridized carbons (Fsp3) is 0.692. The lowest BCUT2D eigenvalue weighted by molar-refractivity contribution is 0.0689. The summed E-state index contributed by atoms with van der Waals surface area (Å²) < 4.78 is 2.22. The summed E-state index contributed by atoms with van der Waals surface area (Å²) in [6.45, 7) is 2.18. The van der Waals surface area contributed by atoms with Crippen molar-refractivity contribution in [2.24, 2.45) is 0 Å². The van der Waals surface area contributed by atoms with Gasteiger partial charge in [-0.1, -0.05) is 6.42 Å². The first-order chi connectivity index (χ1) is 8.18. The normalized spacial score (nSPS) is 24.2. The third-order valence-corrected chi connectivity index (χ3v) is 4.19. The molecule has 1 N–H and O–H groups in total. The summed E-state index contributed by atoms with van der Waals surface area (Å²) in [6, 6.07) is 0.412. The highest BCUT2D eigenvalue weighted by Crippen LogP contribution is 2.40. The lowest BCUT2D eigenvalue weighted by atomic mass is 9.84. The molecule has 92 valence electrons. The van der Waals surface area contributed by atoms with Gasteiger partial charge in [0.15, 0.2) is 5.69 Å². The number of carbonyl (C=O) groups is 1. The van der Waals surface area contributed by atoms with Gasteiger partial charge >= 0.3 is 5.97 Å². The van der Waals surface area contributed by atoms with Gasteiger partial charge in [-0.25, -0.2) is 9.78 Å². The predicted molar refractivity (Wildman–Crippen MR) is 63.4 cm³/mol. The number of hydrogen-bond acceptors (Lipinski definition) is 2. The van der Waals surface area contributed by atoms with Crippen LogP contribution in [-0.2, 0) is 6.42 Å². The number of carboxylic acid groups (broad SMARTS) is 1. The number of fused-ring (bicyclic) bond motifs is 1. The SMILES string of the molecule is CC1CCCc2c(C(=O)O)nc(C3CCC3)n21. The van der Waals surface area contributed by atoms with E-state index in [4.69, 9.17) is 0 Å². The molecule has 2 heterocycles. The number of carboxylic acids is 1. The molecule has 1 unspecified atom stereocenters. The van der Waals surface area contributed by atoms with Gasteiger partial charge in [-0.3, -0.25) is 0 Å². The molecule has 4 nitrogen and oxygen atoms in total. The summed E-state index contributed by atoms with van der Waals surface area (Å²) in [5, 5.41) is 9.24. The zero-order valence-electron chi connectivity index (χ0n) is 10.1. The minimum atomic E-state index is -0.867. The molecular weight excluding hydrogens is 216 g/mol. The molecule has 1 aliphatic carbocycles. The molecule has 0 bridgehead atoms. The lowest BCUT2D eigenvalue weighted by Crippen LogP contribution is -2.22. The zero-order valence-corrected chi connectivity index (χ0v) is 10.1. The quantitative estimate of drug-likeness (QED) is 0.856. The van der Waals surface area contributed by atoms with E-state index in [-0.39, 0.29) is 0 Å². The first-order valence-corrected chi connectivity index (χ1v) is 6.52. The second kappa shape index (κ2) is 3.86. The Morgan fingerprint density at radius 2 is 2.12 bits per heavy atom. The van der Waals surface area contributed by atoms with Gasteiger partial charge in [0.2, 0.25) is 0 Å². The fourth-order valence-corrected chi connectivity index (χ4v) is 3.04. The van der Waals surface area contributed by atoms with Crippen LogP contribution in [0.15, 0.2) is 0 Å². The Morgan fingerprint density at radius 1 is 1.35 bits per heavy atom. The fourth-order valence-electron chi connectivity index (χ4n) is 3.04. The van der Waals surface area contributed by atoms with Crippen molar-refractivity contribution in [3.05, 3.63) is 17.2 Å². The molecule has 1 fully saturated rings. The standard InChI is InChI=1S/C13H18N2O2/c1-8-4-2-7-10-11(13(16)17)14-12(15(8)10)9-5-3-6-9/h8-9H,2-7H2,1H3,(H,16,17). The minimum absolute atomic E-state index is 0.304. The number of aromatic carboxylic acids is 1. The van der Waals surface area contributed by atoms with Crippen molar-refractivity contribution in [1.29, 1.82) is 0 Å². The second-order valence-electron chi connectivity index (χ2n) is 5.31. The van der Waals surface area contributed by atoms with Crippen molar-refractivity contribution in [3.8, 4) is 0 Å². The molecule has 17 heavy (non-hydrogen) atoms. The molecule has 1 saturated carbocycles. The first-order valence-electron chi connectivity index (χ1n) is 6.52. The highest BCUT2D eigenvalue weighted by atomic mass is 16.4. The summed E-state index contributed by atoms with van der Waals surface area (Å²) in [5.41, 5.74) is 1.26. The summed E-state index contributed by atoms with van der Waals surface area (Å²) in [7, 11) is 0. The van der Waals surface area contributed by atoms with Crippen molar-refractivity contribution in [2.75, 3.05) is 0 Å². The van der Waals surface area contributed by atoms with Crippen LogP contribution in [0.1, 0.15) is 73.0 Å². The van der Waals surface area contributed by atoms with Crippen LogP contribution in [0.2, 0.25) is 0 Å². The van der Waals surface area contributed by atoms with Gasteiger partial charge in [0, 0.05) is 12.0 Å². The largest absolute Gasteiger partial charge is 0.476 e. The average Bonchev–Trinajstić information content (AvgIpc) is 2.56. The molecule has 0 amide bonds. The van der Waals surface area contributed by atoms with Gasteiger partial charge in [-0.2, -0.15) is 0 Å². The van der Waals surface area contributed by atoms with Crippen molar-refractivity contribution in [2.45, 2.75) is 57.4 Å². The zero-order chi connectivity index (χ0) is 12.0. The third-order valence-electron chi connectivity index (χ3n) is 4.19. The van der Waals surface area contributed by atoms with E-state index < -0.39 is 5.97 Å².